The van der Waals surface area contributed by atoms with E-state index in [-0.39, 0.29) is 38.2 Å². The van der Waals surface area contributed by atoms with Crippen LogP contribution in [0.25, 0.3) is 11.3 Å². The summed E-state index contributed by atoms with van der Waals surface area (Å²) in [6.07, 6.45) is 0. The molecule has 0 atom stereocenters. The summed E-state index contributed by atoms with van der Waals surface area (Å²) in [5, 5.41) is 2.03. The second-order valence-electron chi connectivity index (χ2n) is 4.91. The van der Waals surface area contributed by atoms with Crippen molar-refractivity contribution in [2.24, 2.45) is 0 Å². The minimum absolute atomic E-state index is 0.0248. The van der Waals surface area contributed by atoms with Crippen molar-refractivity contribution in [2.45, 2.75) is 13.6 Å². The van der Waals surface area contributed by atoms with Gasteiger partial charge in [-0.3, -0.25) is 4.79 Å². The second-order valence-corrected chi connectivity index (χ2v) is 5.70. The molecule has 0 bridgehead atoms. The maximum absolute atomic E-state index is 14.1. The zero-order valence-electron chi connectivity index (χ0n) is 13.1. The van der Waals surface area contributed by atoms with Crippen molar-refractivity contribution in [3.63, 3.8) is 0 Å². The molecule has 0 spiro atoms. The first kappa shape index (κ1) is 19.1. The van der Waals surface area contributed by atoms with Crippen molar-refractivity contribution in [3.8, 4) is 11.3 Å². The summed E-state index contributed by atoms with van der Waals surface area (Å²) in [7, 11) is 1.13. The van der Waals surface area contributed by atoms with Crippen LogP contribution < -0.4 is 5.32 Å². The average Bonchev–Trinajstić information content (AvgIpc) is 2.57. The van der Waals surface area contributed by atoms with Gasteiger partial charge in [0.1, 0.15) is 12.5 Å². The van der Waals surface area contributed by atoms with Gasteiger partial charge in [-0.1, -0.05) is 29.3 Å². The number of methoxy groups -OCH3 is 1. The summed E-state index contributed by atoms with van der Waals surface area (Å²) in [5.74, 6) is -2.25. The molecule has 25 heavy (non-hydrogen) atoms. The lowest BCUT2D eigenvalue weighted by Crippen LogP contribution is -2.12. The standard InChI is InChI=1S/C16H12Cl2F2N2O3/c1-7(23)21-12-5-11(22-15(13(12)18)16(24)25-2)8-3-4-10(17)14(20)9(8)6-19/h3-5H,6H2,1-2H3,(H,21,22,23). The molecule has 1 heterocycles. The molecule has 132 valence electrons. The maximum Gasteiger partial charge on any atom is 0.358 e. The highest BCUT2D eigenvalue weighted by atomic mass is 35.5. The zero-order chi connectivity index (χ0) is 18.7. The Morgan fingerprint density at radius 1 is 1.32 bits per heavy atom. The van der Waals surface area contributed by atoms with Gasteiger partial charge in [0, 0.05) is 18.1 Å². The molecular formula is C16H12Cl2F2N2O3. The summed E-state index contributed by atoms with van der Waals surface area (Å²) in [5.41, 5.74) is -0.480. The zero-order valence-corrected chi connectivity index (χ0v) is 14.6. The third-order valence-electron chi connectivity index (χ3n) is 3.25. The Balaban J connectivity index is 2.76. The molecule has 0 saturated carbocycles. The molecule has 5 nitrogen and oxygen atoms in total. The minimum Gasteiger partial charge on any atom is -0.464 e. The lowest BCUT2D eigenvalue weighted by Gasteiger charge is -2.14. The average molecular weight is 389 g/mol. The Bertz CT molecular complexity index is 860. The van der Waals surface area contributed by atoms with Crippen LogP contribution in [0.4, 0.5) is 14.5 Å². The smallest absolute Gasteiger partial charge is 0.358 e. The maximum atomic E-state index is 14.1. The highest BCUT2D eigenvalue weighted by molar-refractivity contribution is 6.36. The van der Waals surface area contributed by atoms with Crippen LogP contribution in [0.1, 0.15) is 23.0 Å². The number of esters is 1. The Labute approximate surface area is 151 Å². The van der Waals surface area contributed by atoms with Crippen molar-refractivity contribution in [3.05, 3.63) is 45.3 Å². The number of rotatable bonds is 4. The number of amides is 1. The number of hydrogen-bond acceptors (Lipinski definition) is 4. The van der Waals surface area contributed by atoms with Crippen LogP contribution in [-0.4, -0.2) is 24.0 Å². The van der Waals surface area contributed by atoms with Crippen molar-refractivity contribution in [2.75, 3.05) is 12.4 Å². The number of pyridine rings is 1. The number of ether oxygens (including phenoxy) is 1. The van der Waals surface area contributed by atoms with Gasteiger partial charge in [0.25, 0.3) is 0 Å². The van der Waals surface area contributed by atoms with Gasteiger partial charge in [-0.2, -0.15) is 0 Å². The van der Waals surface area contributed by atoms with E-state index in [0.29, 0.717) is 0 Å². The fraction of sp³-hybridized carbons (Fsp3) is 0.188. The normalized spacial score (nSPS) is 10.5. The van der Waals surface area contributed by atoms with E-state index in [9.17, 15) is 18.4 Å². The molecule has 9 heteroatoms. The first-order valence-electron chi connectivity index (χ1n) is 6.89. The van der Waals surface area contributed by atoms with Crippen LogP contribution in [0, 0.1) is 5.82 Å². The van der Waals surface area contributed by atoms with E-state index in [1.54, 1.807) is 0 Å². The monoisotopic (exact) mass is 388 g/mol. The number of carbonyl (C=O) groups excluding carboxylic acids is 2. The number of halogens is 4. The van der Waals surface area contributed by atoms with Crippen LogP contribution in [0.3, 0.4) is 0 Å². The van der Waals surface area contributed by atoms with Gasteiger partial charge in [0.2, 0.25) is 5.91 Å². The topological polar surface area (TPSA) is 68.3 Å². The predicted molar refractivity (Wildman–Crippen MR) is 90.1 cm³/mol. The number of aromatic nitrogens is 1. The molecule has 0 saturated heterocycles. The lowest BCUT2D eigenvalue weighted by atomic mass is 10.0. The van der Waals surface area contributed by atoms with E-state index in [2.05, 4.69) is 15.0 Å². The number of hydrogen-bond donors (Lipinski definition) is 1. The molecule has 0 aliphatic heterocycles. The molecule has 1 N–H and O–H groups in total. The van der Waals surface area contributed by atoms with Crippen molar-refractivity contribution in [1.82, 2.24) is 4.98 Å². The summed E-state index contributed by atoms with van der Waals surface area (Å²) in [4.78, 5) is 27.2. The molecule has 2 aromatic rings. The lowest BCUT2D eigenvalue weighted by molar-refractivity contribution is -0.114. The van der Waals surface area contributed by atoms with E-state index in [1.165, 1.54) is 25.1 Å². The summed E-state index contributed by atoms with van der Waals surface area (Å²) >= 11 is 11.7. The first-order chi connectivity index (χ1) is 11.8. The Morgan fingerprint density at radius 3 is 2.56 bits per heavy atom. The number of nitrogens with one attached hydrogen (secondary N) is 1. The number of nitrogens with zero attached hydrogens (tertiary/aromatic N) is 1. The van der Waals surface area contributed by atoms with E-state index in [0.717, 1.165) is 7.11 Å². The number of benzene rings is 1. The van der Waals surface area contributed by atoms with Gasteiger partial charge >= 0.3 is 5.97 Å². The molecular weight excluding hydrogens is 377 g/mol. The summed E-state index contributed by atoms with van der Waals surface area (Å²) < 4.78 is 32.0. The highest BCUT2D eigenvalue weighted by Crippen LogP contribution is 2.34. The Hall–Kier alpha value is -2.25. The molecule has 1 amide bonds. The van der Waals surface area contributed by atoms with Crippen molar-refractivity contribution >= 4 is 40.8 Å². The Morgan fingerprint density at radius 2 is 2.00 bits per heavy atom. The minimum atomic E-state index is -1.14. The summed E-state index contributed by atoms with van der Waals surface area (Å²) in [6, 6.07) is 3.89. The van der Waals surface area contributed by atoms with Crippen LogP contribution in [-0.2, 0) is 16.2 Å². The fourth-order valence-corrected chi connectivity index (χ4v) is 2.54. The van der Waals surface area contributed by atoms with Crippen LogP contribution in [0.5, 0.6) is 0 Å². The molecule has 0 radical (unpaired) electrons. The largest absolute Gasteiger partial charge is 0.464 e. The molecule has 1 aromatic carbocycles. The highest BCUT2D eigenvalue weighted by Gasteiger charge is 2.22. The molecule has 0 aliphatic carbocycles. The fourth-order valence-electron chi connectivity index (χ4n) is 2.14. The van der Waals surface area contributed by atoms with E-state index < -0.39 is 24.4 Å². The van der Waals surface area contributed by atoms with Gasteiger partial charge in [-0.05, 0) is 12.1 Å². The number of anilines is 1. The molecule has 0 fully saturated rings. The molecule has 0 aliphatic rings. The molecule has 0 unspecified atom stereocenters. The van der Waals surface area contributed by atoms with Crippen LogP contribution >= 0.6 is 23.2 Å². The third-order valence-corrected chi connectivity index (χ3v) is 3.93. The first-order valence-corrected chi connectivity index (χ1v) is 7.65. The summed E-state index contributed by atoms with van der Waals surface area (Å²) in [6.45, 7) is 0.0955. The molecule has 1 aromatic heterocycles. The van der Waals surface area contributed by atoms with Crippen LogP contribution in [0.15, 0.2) is 18.2 Å². The number of alkyl halides is 1. The predicted octanol–water partition coefficient (Wildman–Crippen LogP) is 4.41. The second kappa shape index (κ2) is 7.76. The van der Waals surface area contributed by atoms with Gasteiger partial charge in [-0.25, -0.2) is 18.6 Å². The number of carbonyl (C=O) groups is 2. The Kier molecular flexibility index (Phi) is 5.92. The van der Waals surface area contributed by atoms with E-state index in [4.69, 9.17) is 23.2 Å². The van der Waals surface area contributed by atoms with Crippen molar-refractivity contribution < 1.29 is 23.1 Å². The van der Waals surface area contributed by atoms with Crippen LogP contribution in [0.2, 0.25) is 10.0 Å². The SMILES string of the molecule is COC(=O)c1nc(-c2ccc(Cl)c(F)c2CF)cc(NC(C)=O)c1Cl. The van der Waals surface area contributed by atoms with Gasteiger partial charge in [0.15, 0.2) is 5.69 Å². The van der Waals surface area contributed by atoms with Gasteiger partial charge in [-0.15, -0.1) is 0 Å². The van der Waals surface area contributed by atoms with E-state index >= 15 is 0 Å². The van der Waals surface area contributed by atoms with Gasteiger partial charge in [0.05, 0.1) is 28.5 Å². The molecule has 2 rings (SSSR count). The van der Waals surface area contributed by atoms with Gasteiger partial charge < -0.3 is 10.1 Å². The quantitative estimate of drug-likeness (QED) is 0.787. The van der Waals surface area contributed by atoms with Crippen molar-refractivity contribution in [1.29, 1.82) is 0 Å². The van der Waals surface area contributed by atoms with E-state index in [1.807, 2.05) is 0 Å². The third kappa shape index (κ3) is 3.88.